The number of pyridine rings is 1. The van der Waals surface area contributed by atoms with Gasteiger partial charge in [-0.2, -0.15) is 0 Å². The van der Waals surface area contributed by atoms with Gasteiger partial charge in [0, 0.05) is 18.4 Å². The van der Waals surface area contributed by atoms with Gasteiger partial charge in [0.05, 0.1) is 0 Å². The predicted molar refractivity (Wildman–Crippen MR) is 66.6 cm³/mol. The van der Waals surface area contributed by atoms with Crippen LogP contribution in [0.4, 0.5) is 11.5 Å². The highest BCUT2D eigenvalue weighted by molar-refractivity contribution is 5.59. The molecule has 82 valence electrons. The van der Waals surface area contributed by atoms with E-state index in [4.69, 9.17) is 5.73 Å². The van der Waals surface area contributed by atoms with E-state index in [2.05, 4.69) is 10.3 Å². The zero-order chi connectivity index (χ0) is 11.4. The van der Waals surface area contributed by atoms with Crippen LogP contribution in [0, 0.1) is 6.92 Å². The molecule has 2 aromatic rings. The van der Waals surface area contributed by atoms with E-state index in [0.717, 1.165) is 22.6 Å². The lowest BCUT2D eigenvalue weighted by Crippen LogP contribution is -1.98. The van der Waals surface area contributed by atoms with Crippen LogP contribution < -0.4 is 11.1 Å². The van der Waals surface area contributed by atoms with Crippen molar-refractivity contribution in [2.45, 2.75) is 13.5 Å². The zero-order valence-electron chi connectivity index (χ0n) is 9.27. The van der Waals surface area contributed by atoms with Gasteiger partial charge in [-0.05, 0) is 36.2 Å². The van der Waals surface area contributed by atoms with Gasteiger partial charge >= 0.3 is 0 Å². The van der Waals surface area contributed by atoms with Crippen LogP contribution in [0.2, 0.25) is 0 Å². The maximum atomic E-state index is 5.54. The summed E-state index contributed by atoms with van der Waals surface area (Å²) >= 11 is 0. The van der Waals surface area contributed by atoms with Gasteiger partial charge in [-0.15, -0.1) is 0 Å². The summed E-state index contributed by atoms with van der Waals surface area (Å²) in [5.74, 6) is 0.892. The molecule has 0 saturated heterocycles. The summed E-state index contributed by atoms with van der Waals surface area (Å²) in [4.78, 5) is 4.28. The molecule has 0 radical (unpaired) electrons. The fraction of sp³-hybridized carbons (Fsp3) is 0.154. The summed E-state index contributed by atoms with van der Waals surface area (Å²) in [7, 11) is 0. The fourth-order valence-electron chi connectivity index (χ4n) is 1.48. The van der Waals surface area contributed by atoms with E-state index in [9.17, 15) is 0 Å². The second-order valence-electron chi connectivity index (χ2n) is 3.69. The molecular formula is C13H15N3. The molecule has 1 aromatic heterocycles. The number of hydrogen-bond donors (Lipinski definition) is 2. The van der Waals surface area contributed by atoms with E-state index in [1.54, 1.807) is 6.20 Å². The number of rotatable bonds is 3. The van der Waals surface area contributed by atoms with Crippen LogP contribution in [-0.2, 0) is 6.54 Å². The van der Waals surface area contributed by atoms with E-state index in [0.29, 0.717) is 6.54 Å². The third-order valence-corrected chi connectivity index (χ3v) is 2.46. The first-order chi connectivity index (χ1) is 7.79. The third kappa shape index (κ3) is 2.38. The van der Waals surface area contributed by atoms with Gasteiger partial charge in [0.15, 0.2) is 0 Å². The number of aromatic nitrogens is 1. The van der Waals surface area contributed by atoms with Crippen molar-refractivity contribution < 1.29 is 0 Å². The molecule has 0 spiro atoms. The van der Waals surface area contributed by atoms with Crippen molar-refractivity contribution in [2.75, 3.05) is 5.32 Å². The summed E-state index contributed by atoms with van der Waals surface area (Å²) < 4.78 is 0. The van der Waals surface area contributed by atoms with Crippen molar-refractivity contribution >= 4 is 11.5 Å². The minimum absolute atomic E-state index is 0.572. The highest BCUT2D eigenvalue weighted by atomic mass is 15.0. The molecule has 2 rings (SSSR count). The van der Waals surface area contributed by atoms with Crippen molar-refractivity contribution in [3.8, 4) is 0 Å². The van der Waals surface area contributed by atoms with Crippen molar-refractivity contribution in [3.63, 3.8) is 0 Å². The molecule has 0 unspecified atom stereocenters. The first-order valence-electron chi connectivity index (χ1n) is 5.27. The highest BCUT2D eigenvalue weighted by Gasteiger charge is 1.98. The topological polar surface area (TPSA) is 50.9 Å². The average Bonchev–Trinajstić information content (AvgIpc) is 2.33. The Morgan fingerprint density at radius 2 is 1.94 bits per heavy atom. The Labute approximate surface area is 95.3 Å². The van der Waals surface area contributed by atoms with Gasteiger partial charge in [0.25, 0.3) is 0 Å². The van der Waals surface area contributed by atoms with Crippen LogP contribution in [-0.4, -0.2) is 4.98 Å². The molecule has 0 saturated carbocycles. The molecule has 3 N–H and O–H groups in total. The van der Waals surface area contributed by atoms with Gasteiger partial charge in [0.2, 0.25) is 0 Å². The maximum absolute atomic E-state index is 5.54. The Kier molecular flexibility index (Phi) is 3.17. The second-order valence-corrected chi connectivity index (χ2v) is 3.69. The van der Waals surface area contributed by atoms with Crippen LogP contribution in [0.15, 0.2) is 42.6 Å². The van der Waals surface area contributed by atoms with Crippen LogP contribution in [0.3, 0.4) is 0 Å². The molecule has 0 atom stereocenters. The van der Waals surface area contributed by atoms with Gasteiger partial charge in [-0.3, -0.25) is 0 Å². The molecule has 0 aliphatic heterocycles. The lowest BCUT2D eigenvalue weighted by Gasteiger charge is -2.08. The number of nitrogens with one attached hydrogen (secondary N) is 1. The second kappa shape index (κ2) is 4.77. The monoisotopic (exact) mass is 213 g/mol. The molecule has 0 fully saturated rings. The van der Waals surface area contributed by atoms with Crippen molar-refractivity contribution in [1.82, 2.24) is 4.98 Å². The zero-order valence-corrected chi connectivity index (χ0v) is 9.27. The largest absolute Gasteiger partial charge is 0.340 e. The Bertz CT molecular complexity index is 463. The Balaban J connectivity index is 2.18. The van der Waals surface area contributed by atoms with Gasteiger partial charge in [0.1, 0.15) is 5.82 Å². The molecular weight excluding hydrogens is 198 g/mol. The van der Waals surface area contributed by atoms with Gasteiger partial charge in [-0.25, -0.2) is 4.98 Å². The number of aryl methyl sites for hydroxylation is 1. The summed E-state index contributed by atoms with van der Waals surface area (Å²) in [6.45, 7) is 2.60. The van der Waals surface area contributed by atoms with E-state index in [-0.39, 0.29) is 0 Å². The lowest BCUT2D eigenvalue weighted by atomic mass is 10.2. The van der Waals surface area contributed by atoms with Crippen LogP contribution >= 0.6 is 0 Å². The predicted octanol–water partition coefficient (Wildman–Crippen LogP) is 2.59. The average molecular weight is 213 g/mol. The van der Waals surface area contributed by atoms with Gasteiger partial charge in [-0.1, -0.05) is 18.2 Å². The van der Waals surface area contributed by atoms with Gasteiger partial charge < -0.3 is 11.1 Å². The molecule has 16 heavy (non-hydrogen) atoms. The van der Waals surface area contributed by atoms with Crippen molar-refractivity contribution in [1.29, 1.82) is 0 Å². The number of anilines is 2. The smallest absolute Gasteiger partial charge is 0.133 e. The van der Waals surface area contributed by atoms with Crippen molar-refractivity contribution in [2.24, 2.45) is 5.73 Å². The van der Waals surface area contributed by atoms with Crippen LogP contribution in [0.25, 0.3) is 0 Å². The molecule has 0 aliphatic rings. The van der Waals surface area contributed by atoms with Crippen LogP contribution in [0.1, 0.15) is 11.1 Å². The fourth-order valence-corrected chi connectivity index (χ4v) is 1.48. The molecule has 0 amide bonds. The molecule has 3 nitrogen and oxygen atoms in total. The Hall–Kier alpha value is -1.87. The molecule has 1 heterocycles. The summed E-state index contributed by atoms with van der Waals surface area (Å²) in [6.07, 6.45) is 1.78. The minimum Gasteiger partial charge on any atom is -0.340 e. The maximum Gasteiger partial charge on any atom is 0.133 e. The molecule has 0 bridgehead atoms. The SMILES string of the molecule is Cc1cccnc1Nc1ccc(CN)cc1. The standard InChI is InChI=1S/C13H15N3/c1-10-3-2-8-15-13(10)16-12-6-4-11(9-14)5-7-12/h2-8H,9,14H2,1H3,(H,15,16). The third-order valence-electron chi connectivity index (χ3n) is 2.46. The van der Waals surface area contributed by atoms with Crippen molar-refractivity contribution in [3.05, 3.63) is 53.7 Å². The highest BCUT2D eigenvalue weighted by Crippen LogP contribution is 2.17. The van der Waals surface area contributed by atoms with E-state index in [1.807, 2.05) is 43.3 Å². The lowest BCUT2D eigenvalue weighted by molar-refractivity contribution is 1.07. The normalized spacial score (nSPS) is 10.1. The summed E-state index contributed by atoms with van der Waals surface area (Å²) in [6, 6.07) is 12.0. The van der Waals surface area contributed by atoms with E-state index < -0.39 is 0 Å². The molecule has 0 aliphatic carbocycles. The van der Waals surface area contributed by atoms with E-state index >= 15 is 0 Å². The first kappa shape index (κ1) is 10.6. The molecule has 3 heteroatoms. The minimum atomic E-state index is 0.572. The van der Waals surface area contributed by atoms with E-state index in [1.165, 1.54) is 0 Å². The first-order valence-corrected chi connectivity index (χ1v) is 5.27. The summed E-state index contributed by atoms with van der Waals surface area (Å²) in [5.41, 5.74) is 8.83. The quantitative estimate of drug-likeness (QED) is 0.824. The number of nitrogens with two attached hydrogens (primary N) is 1. The number of hydrogen-bond acceptors (Lipinski definition) is 3. The number of nitrogens with zero attached hydrogens (tertiary/aromatic N) is 1. The Morgan fingerprint density at radius 1 is 1.19 bits per heavy atom. The molecule has 1 aromatic carbocycles. The number of benzene rings is 1. The Morgan fingerprint density at radius 3 is 2.56 bits per heavy atom. The van der Waals surface area contributed by atoms with Crippen LogP contribution in [0.5, 0.6) is 0 Å². The summed E-state index contributed by atoms with van der Waals surface area (Å²) in [5, 5.41) is 3.27.